The molecule has 2 heterocycles. The Morgan fingerprint density at radius 1 is 1.38 bits per heavy atom. The number of hydrogen-bond acceptors (Lipinski definition) is 3. The molecule has 1 atom stereocenters. The third-order valence-electron chi connectivity index (χ3n) is 4.49. The van der Waals surface area contributed by atoms with Crippen LogP contribution in [0.4, 0.5) is 8.78 Å². The predicted molar refractivity (Wildman–Crippen MR) is 84.5 cm³/mol. The Morgan fingerprint density at radius 3 is 2.92 bits per heavy atom. The number of carbonyl (C=O) groups is 1. The minimum Gasteiger partial charge on any atom is -0.361 e. The molecule has 1 fully saturated rings. The smallest absolute Gasteiger partial charge is 0.276 e. The van der Waals surface area contributed by atoms with Crippen LogP contribution < -0.4 is 0 Å². The molecule has 2 aromatic rings. The van der Waals surface area contributed by atoms with Gasteiger partial charge in [-0.05, 0) is 50.2 Å². The summed E-state index contributed by atoms with van der Waals surface area (Å²) >= 11 is 0. The Morgan fingerprint density at radius 2 is 2.21 bits per heavy atom. The van der Waals surface area contributed by atoms with Gasteiger partial charge in [0.15, 0.2) is 5.69 Å². The second-order valence-electron chi connectivity index (χ2n) is 6.36. The van der Waals surface area contributed by atoms with Crippen LogP contribution in [0.3, 0.4) is 0 Å². The average Bonchev–Trinajstić information content (AvgIpc) is 3.00. The first-order valence-corrected chi connectivity index (χ1v) is 8.19. The maximum absolute atomic E-state index is 13.7. The number of likely N-dealkylation sites (tertiary alicyclic amines) is 1. The van der Waals surface area contributed by atoms with E-state index in [-0.39, 0.29) is 5.91 Å². The van der Waals surface area contributed by atoms with Crippen molar-refractivity contribution in [2.45, 2.75) is 32.6 Å². The van der Waals surface area contributed by atoms with Crippen LogP contribution in [-0.4, -0.2) is 29.1 Å². The molecule has 128 valence electrons. The van der Waals surface area contributed by atoms with Crippen LogP contribution in [0, 0.1) is 24.5 Å². The van der Waals surface area contributed by atoms with Crippen molar-refractivity contribution >= 4 is 5.91 Å². The van der Waals surface area contributed by atoms with E-state index < -0.39 is 11.6 Å². The zero-order chi connectivity index (χ0) is 17.1. The standard InChI is InChI=1S/C18H20F2N2O2/c1-12-9-17(21-24-12)18(23)22-8-2-3-13(11-22)4-5-14-6-7-15(19)10-16(14)20/h6-7,9-10,13H,2-5,8,11H2,1H3/t13-/m0/s1. The van der Waals surface area contributed by atoms with Gasteiger partial charge in [-0.25, -0.2) is 8.78 Å². The molecular weight excluding hydrogens is 314 g/mol. The number of carbonyl (C=O) groups excluding carboxylic acids is 1. The van der Waals surface area contributed by atoms with E-state index in [1.807, 2.05) is 0 Å². The Kier molecular flexibility index (Phi) is 4.92. The third kappa shape index (κ3) is 3.80. The van der Waals surface area contributed by atoms with Gasteiger partial charge >= 0.3 is 0 Å². The summed E-state index contributed by atoms with van der Waals surface area (Å²) in [6.45, 7) is 3.08. The van der Waals surface area contributed by atoms with Crippen LogP contribution in [0.1, 0.15) is 41.1 Å². The second-order valence-corrected chi connectivity index (χ2v) is 6.36. The van der Waals surface area contributed by atoms with E-state index >= 15 is 0 Å². The van der Waals surface area contributed by atoms with Crippen molar-refractivity contribution in [1.82, 2.24) is 10.1 Å². The highest BCUT2D eigenvalue weighted by molar-refractivity contribution is 5.92. The lowest BCUT2D eigenvalue weighted by molar-refractivity contribution is 0.0657. The number of aromatic nitrogens is 1. The second kappa shape index (κ2) is 7.11. The van der Waals surface area contributed by atoms with Crippen LogP contribution in [-0.2, 0) is 6.42 Å². The average molecular weight is 334 g/mol. The van der Waals surface area contributed by atoms with E-state index in [2.05, 4.69) is 5.16 Å². The van der Waals surface area contributed by atoms with Crippen LogP contribution in [0.25, 0.3) is 0 Å². The Balaban J connectivity index is 1.58. The van der Waals surface area contributed by atoms with Gasteiger partial charge < -0.3 is 9.42 Å². The molecule has 1 aliphatic heterocycles. The van der Waals surface area contributed by atoms with Crippen molar-refractivity contribution < 1.29 is 18.1 Å². The Labute approximate surface area is 139 Å². The van der Waals surface area contributed by atoms with Crippen molar-refractivity contribution in [2.75, 3.05) is 13.1 Å². The van der Waals surface area contributed by atoms with E-state index in [1.165, 1.54) is 12.1 Å². The van der Waals surface area contributed by atoms with E-state index in [0.29, 0.717) is 42.4 Å². The lowest BCUT2D eigenvalue weighted by atomic mass is 9.91. The molecule has 6 heteroatoms. The molecule has 0 N–H and O–H groups in total. The molecule has 1 amide bonds. The van der Waals surface area contributed by atoms with Gasteiger partial charge in [-0.1, -0.05) is 11.2 Å². The van der Waals surface area contributed by atoms with Gasteiger partial charge in [0.05, 0.1) is 0 Å². The zero-order valence-electron chi connectivity index (χ0n) is 13.6. The number of benzene rings is 1. The highest BCUT2D eigenvalue weighted by Gasteiger charge is 2.26. The molecule has 1 aliphatic rings. The normalized spacial score (nSPS) is 18.0. The van der Waals surface area contributed by atoms with E-state index in [1.54, 1.807) is 17.9 Å². The molecule has 0 unspecified atom stereocenters. The number of nitrogens with zero attached hydrogens (tertiary/aromatic N) is 2. The SMILES string of the molecule is Cc1cc(C(=O)N2CCC[C@@H](CCc3ccc(F)cc3F)C2)no1. The Bertz CT molecular complexity index is 730. The fourth-order valence-corrected chi connectivity index (χ4v) is 3.20. The van der Waals surface area contributed by atoms with Crippen molar-refractivity contribution in [2.24, 2.45) is 5.92 Å². The molecule has 0 saturated carbocycles. The van der Waals surface area contributed by atoms with Gasteiger partial charge in [-0.15, -0.1) is 0 Å². The fraction of sp³-hybridized carbons (Fsp3) is 0.444. The number of piperidine rings is 1. The van der Waals surface area contributed by atoms with Gasteiger partial charge in [0.25, 0.3) is 5.91 Å². The summed E-state index contributed by atoms with van der Waals surface area (Å²) in [7, 11) is 0. The van der Waals surface area contributed by atoms with E-state index in [9.17, 15) is 13.6 Å². The first-order chi connectivity index (χ1) is 11.5. The summed E-state index contributed by atoms with van der Waals surface area (Å²) in [5, 5.41) is 3.78. The minimum atomic E-state index is -0.561. The zero-order valence-corrected chi connectivity index (χ0v) is 13.6. The van der Waals surface area contributed by atoms with Crippen molar-refractivity contribution in [3.63, 3.8) is 0 Å². The third-order valence-corrected chi connectivity index (χ3v) is 4.49. The fourth-order valence-electron chi connectivity index (χ4n) is 3.20. The molecule has 0 bridgehead atoms. The minimum absolute atomic E-state index is 0.121. The molecule has 1 aromatic heterocycles. The van der Waals surface area contributed by atoms with E-state index in [0.717, 1.165) is 25.3 Å². The van der Waals surface area contributed by atoms with Gasteiger partial charge in [-0.3, -0.25) is 4.79 Å². The molecule has 0 aliphatic carbocycles. The highest BCUT2D eigenvalue weighted by Crippen LogP contribution is 2.24. The lowest BCUT2D eigenvalue weighted by Gasteiger charge is -2.32. The summed E-state index contributed by atoms with van der Waals surface area (Å²) in [5.41, 5.74) is 0.852. The number of rotatable bonds is 4. The van der Waals surface area contributed by atoms with Crippen molar-refractivity contribution in [3.8, 4) is 0 Å². The summed E-state index contributed by atoms with van der Waals surface area (Å²) in [4.78, 5) is 14.2. The molecule has 1 saturated heterocycles. The summed E-state index contributed by atoms with van der Waals surface area (Å²) in [6.07, 6.45) is 3.23. The maximum atomic E-state index is 13.7. The van der Waals surface area contributed by atoms with Gasteiger partial charge in [0, 0.05) is 25.2 Å². The van der Waals surface area contributed by atoms with Gasteiger partial charge in [0.1, 0.15) is 17.4 Å². The monoisotopic (exact) mass is 334 g/mol. The lowest BCUT2D eigenvalue weighted by Crippen LogP contribution is -2.40. The maximum Gasteiger partial charge on any atom is 0.276 e. The summed E-state index contributed by atoms with van der Waals surface area (Å²) in [6, 6.07) is 5.33. The van der Waals surface area contributed by atoms with Crippen molar-refractivity contribution in [3.05, 3.63) is 52.9 Å². The summed E-state index contributed by atoms with van der Waals surface area (Å²) in [5.74, 6) is -0.270. The van der Waals surface area contributed by atoms with Crippen LogP contribution in [0.15, 0.2) is 28.8 Å². The van der Waals surface area contributed by atoms with Crippen LogP contribution in [0.5, 0.6) is 0 Å². The number of hydrogen-bond donors (Lipinski definition) is 0. The molecule has 24 heavy (non-hydrogen) atoms. The first-order valence-electron chi connectivity index (χ1n) is 8.19. The van der Waals surface area contributed by atoms with Gasteiger partial charge in [0.2, 0.25) is 0 Å². The molecule has 3 rings (SSSR count). The number of halogens is 2. The van der Waals surface area contributed by atoms with E-state index in [4.69, 9.17) is 4.52 Å². The molecule has 0 spiro atoms. The predicted octanol–water partition coefficient (Wildman–Crippen LogP) is 3.75. The topological polar surface area (TPSA) is 46.3 Å². The van der Waals surface area contributed by atoms with Crippen LogP contribution >= 0.6 is 0 Å². The van der Waals surface area contributed by atoms with Gasteiger partial charge in [-0.2, -0.15) is 0 Å². The van der Waals surface area contributed by atoms with Crippen molar-refractivity contribution in [1.29, 1.82) is 0 Å². The first kappa shape index (κ1) is 16.6. The number of amides is 1. The van der Waals surface area contributed by atoms with Crippen LogP contribution in [0.2, 0.25) is 0 Å². The molecule has 1 aromatic carbocycles. The number of aryl methyl sites for hydroxylation is 2. The quantitative estimate of drug-likeness (QED) is 0.855. The summed E-state index contributed by atoms with van der Waals surface area (Å²) < 4.78 is 31.6. The molecule has 0 radical (unpaired) electrons. The highest BCUT2D eigenvalue weighted by atomic mass is 19.1. The Hall–Kier alpha value is -2.24. The molecular formula is C18H20F2N2O2. The largest absolute Gasteiger partial charge is 0.361 e. The molecule has 4 nitrogen and oxygen atoms in total.